The molecule has 3 aromatic carbocycles. The number of hydrogen-bond donors (Lipinski definition) is 1. The van der Waals surface area contributed by atoms with Gasteiger partial charge in [-0.3, -0.25) is 10.1 Å². The molecular formula is C26H24Cl2N2O4S. The van der Waals surface area contributed by atoms with Crippen LogP contribution in [0.2, 0.25) is 10.0 Å². The molecule has 35 heavy (non-hydrogen) atoms. The monoisotopic (exact) mass is 530 g/mol. The van der Waals surface area contributed by atoms with Gasteiger partial charge in [0.25, 0.3) is 5.91 Å². The fourth-order valence-electron chi connectivity index (χ4n) is 3.22. The Labute approximate surface area is 219 Å². The summed E-state index contributed by atoms with van der Waals surface area (Å²) < 4.78 is 10.5. The SMILES string of the molecule is CCOC(=O)c1ccc(N(Cc2c(Cl)cccc2Cl)C(=S)NC(=O)c2ccc(OCC)cc2)cc1. The molecule has 0 bridgehead atoms. The quantitative estimate of drug-likeness (QED) is 0.272. The van der Waals surface area contributed by atoms with Gasteiger partial charge < -0.3 is 14.4 Å². The maximum Gasteiger partial charge on any atom is 0.338 e. The van der Waals surface area contributed by atoms with Crippen molar-refractivity contribution in [2.75, 3.05) is 18.1 Å². The first kappa shape index (κ1) is 26.5. The van der Waals surface area contributed by atoms with Crippen molar-refractivity contribution in [1.29, 1.82) is 0 Å². The molecule has 3 rings (SSSR count). The Morgan fingerprint density at radius 3 is 2.06 bits per heavy atom. The molecule has 0 aliphatic heterocycles. The summed E-state index contributed by atoms with van der Waals surface area (Å²) in [7, 11) is 0. The second kappa shape index (κ2) is 12.5. The lowest BCUT2D eigenvalue weighted by atomic mass is 10.1. The van der Waals surface area contributed by atoms with E-state index in [0.717, 1.165) is 0 Å². The van der Waals surface area contributed by atoms with Crippen LogP contribution in [-0.4, -0.2) is 30.2 Å². The Morgan fingerprint density at radius 1 is 0.886 bits per heavy atom. The van der Waals surface area contributed by atoms with E-state index in [4.69, 9.17) is 44.9 Å². The second-order valence-electron chi connectivity index (χ2n) is 7.27. The lowest BCUT2D eigenvalue weighted by Gasteiger charge is -2.26. The van der Waals surface area contributed by atoms with Gasteiger partial charge in [0.1, 0.15) is 5.75 Å². The number of amides is 1. The molecule has 182 valence electrons. The molecule has 0 aliphatic carbocycles. The van der Waals surface area contributed by atoms with Crippen molar-refractivity contribution in [1.82, 2.24) is 5.32 Å². The van der Waals surface area contributed by atoms with Crippen LogP contribution in [0.1, 0.15) is 40.1 Å². The van der Waals surface area contributed by atoms with Crippen molar-refractivity contribution in [3.63, 3.8) is 0 Å². The molecule has 0 saturated heterocycles. The Balaban J connectivity index is 1.87. The number of esters is 1. The molecule has 6 nitrogen and oxygen atoms in total. The molecular weight excluding hydrogens is 507 g/mol. The maximum atomic E-state index is 12.9. The number of thiocarbonyl (C=S) groups is 1. The van der Waals surface area contributed by atoms with Crippen LogP contribution in [0, 0.1) is 0 Å². The van der Waals surface area contributed by atoms with Gasteiger partial charge in [0.05, 0.1) is 25.3 Å². The van der Waals surface area contributed by atoms with Crippen molar-refractivity contribution in [2.45, 2.75) is 20.4 Å². The highest BCUT2D eigenvalue weighted by Gasteiger charge is 2.20. The Hall–Kier alpha value is -3.13. The van der Waals surface area contributed by atoms with Gasteiger partial charge in [-0.15, -0.1) is 0 Å². The fourth-order valence-corrected chi connectivity index (χ4v) is 4.00. The van der Waals surface area contributed by atoms with Gasteiger partial charge in [-0.05, 0) is 86.7 Å². The summed E-state index contributed by atoms with van der Waals surface area (Å²) in [6, 6.07) is 18.7. The summed E-state index contributed by atoms with van der Waals surface area (Å²) in [5.74, 6) is -0.133. The minimum absolute atomic E-state index is 0.142. The second-order valence-corrected chi connectivity index (χ2v) is 8.47. The number of benzene rings is 3. The molecule has 3 aromatic rings. The van der Waals surface area contributed by atoms with Gasteiger partial charge >= 0.3 is 5.97 Å². The number of anilines is 1. The molecule has 1 amide bonds. The molecule has 0 spiro atoms. The number of ether oxygens (including phenoxy) is 2. The number of carbonyl (C=O) groups excluding carboxylic acids is 2. The summed E-state index contributed by atoms with van der Waals surface area (Å²) in [5, 5.41) is 3.83. The van der Waals surface area contributed by atoms with E-state index in [1.54, 1.807) is 78.6 Å². The number of nitrogens with one attached hydrogen (secondary N) is 1. The number of carbonyl (C=O) groups is 2. The van der Waals surface area contributed by atoms with Crippen LogP contribution in [0.5, 0.6) is 5.75 Å². The third-order valence-electron chi connectivity index (χ3n) is 4.96. The first-order valence-corrected chi connectivity index (χ1v) is 12.1. The molecule has 0 saturated carbocycles. The molecule has 0 radical (unpaired) electrons. The van der Waals surface area contributed by atoms with Crippen LogP contribution in [-0.2, 0) is 11.3 Å². The van der Waals surface area contributed by atoms with E-state index >= 15 is 0 Å². The van der Waals surface area contributed by atoms with E-state index in [-0.39, 0.29) is 24.2 Å². The van der Waals surface area contributed by atoms with Crippen LogP contribution in [0.25, 0.3) is 0 Å². The topological polar surface area (TPSA) is 67.9 Å². The molecule has 0 heterocycles. The zero-order valence-corrected chi connectivity index (χ0v) is 21.5. The standard InChI is InChI=1S/C26H24Cl2N2O4S/c1-3-33-20-14-10-17(11-15-20)24(31)29-26(35)30(16-21-22(27)6-5-7-23(21)28)19-12-8-18(9-13-19)25(32)34-4-2/h5-15H,3-4,16H2,1-2H3,(H,29,31,35). The average molecular weight is 531 g/mol. The summed E-state index contributed by atoms with van der Waals surface area (Å²) >= 11 is 18.4. The third kappa shape index (κ3) is 6.94. The van der Waals surface area contributed by atoms with E-state index in [0.29, 0.717) is 44.8 Å². The number of hydrogen-bond acceptors (Lipinski definition) is 5. The van der Waals surface area contributed by atoms with Crippen molar-refractivity contribution >= 4 is 58.1 Å². The molecule has 0 unspecified atom stereocenters. The number of nitrogens with zero attached hydrogens (tertiary/aromatic N) is 1. The van der Waals surface area contributed by atoms with Gasteiger partial charge in [-0.2, -0.15) is 0 Å². The Morgan fingerprint density at radius 2 is 1.49 bits per heavy atom. The minimum Gasteiger partial charge on any atom is -0.494 e. The summed E-state index contributed by atoms with van der Waals surface area (Å²) in [4.78, 5) is 26.6. The van der Waals surface area contributed by atoms with Gasteiger partial charge in [0.15, 0.2) is 5.11 Å². The predicted molar refractivity (Wildman–Crippen MR) is 143 cm³/mol. The van der Waals surface area contributed by atoms with Crippen LogP contribution < -0.4 is 15.0 Å². The molecule has 1 N–H and O–H groups in total. The third-order valence-corrected chi connectivity index (χ3v) is 5.99. The van der Waals surface area contributed by atoms with Crippen molar-refractivity contribution < 1.29 is 19.1 Å². The summed E-state index contributed by atoms with van der Waals surface area (Å²) in [5.41, 5.74) is 2.09. The fraction of sp³-hybridized carbons (Fsp3) is 0.192. The van der Waals surface area contributed by atoms with Crippen LogP contribution in [0.15, 0.2) is 66.7 Å². The largest absolute Gasteiger partial charge is 0.494 e. The number of rotatable bonds is 8. The molecule has 0 aromatic heterocycles. The van der Waals surface area contributed by atoms with Gasteiger partial charge in [-0.25, -0.2) is 4.79 Å². The minimum atomic E-state index is -0.425. The lowest BCUT2D eigenvalue weighted by molar-refractivity contribution is 0.0526. The van der Waals surface area contributed by atoms with Crippen LogP contribution in [0.3, 0.4) is 0 Å². The van der Waals surface area contributed by atoms with E-state index in [9.17, 15) is 9.59 Å². The predicted octanol–water partition coefficient (Wildman–Crippen LogP) is 6.29. The van der Waals surface area contributed by atoms with Crippen molar-refractivity contribution in [3.05, 3.63) is 93.5 Å². The lowest BCUT2D eigenvalue weighted by Crippen LogP contribution is -2.42. The Kier molecular flexibility index (Phi) is 9.48. The summed E-state index contributed by atoms with van der Waals surface area (Å²) in [6.07, 6.45) is 0. The smallest absolute Gasteiger partial charge is 0.338 e. The zero-order valence-electron chi connectivity index (χ0n) is 19.2. The average Bonchev–Trinajstić information content (AvgIpc) is 2.85. The normalized spacial score (nSPS) is 10.4. The van der Waals surface area contributed by atoms with Gasteiger partial charge in [0, 0.05) is 26.9 Å². The maximum absolute atomic E-state index is 12.9. The first-order valence-electron chi connectivity index (χ1n) is 10.9. The van der Waals surface area contributed by atoms with Gasteiger partial charge in [-0.1, -0.05) is 29.3 Å². The molecule has 0 aliphatic rings. The van der Waals surface area contributed by atoms with Crippen molar-refractivity contribution in [2.24, 2.45) is 0 Å². The molecule has 0 atom stereocenters. The van der Waals surface area contributed by atoms with E-state index in [1.165, 1.54) is 0 Å². The van der Waals surface area contributed by atoms with Crippen LogP contribution >= 0.6 is 35.4 Å². The highest BCUT2D eigenvalue weighted by Crippen LogP contribution is 2.28. The highest BCUT2D eigenvalue weighted by molar-refractivity contribution is 7.80. The van der Waals surface area contributed by atoms with Crippen molar-refractivity contribution in [3.8, 4) is 5.75 Å². The van der Waals surface area contributed by atoms with Gasteiger partial charge in [0.2, 0.25) is 0 Å². The van der Waals surface area contributed by atoms with E-state index in [1.807, 2.05) is 6.92 Å². The molecule has 0 fully saturated rings. The summed E-state index contributed by atoms with van der Waals surface area (Å²) in [6.45, 7) is 4.63. The Bertz CT molecular complexity index is 1180. The zero-order chi connectivity index (χ0) is 25.4. The number of halogens is 2. The molecule has 9 heteroatoms. The first-order chi connectivity index (χ1) is 16.8. The highest BCUT2D eigenvalue weighted by atomic mass is 35.5. The van der Waals surface area contributed by atoms with E-state index in [2.05, 4.69) is 5.32 Å². The van der Waals surface area contributed by atoms with E-state index < -0.39 is 5.97 Å². The van der Waals surface area contributed by atoms with Crippen LogP contribution in [0.4, 0.5) is 5.69 Å².